The molecule has 1 atom stereocenters. The van der Waals surface area contributed by atoms with Gasteiger partial charge in [0, 0.05) is 12.6 Å². The quantitative estimate of drug-likeness (QED) is 0.655. The zero-order valence-electron chi connectivity index (χ0n) is 7.09. The van der Waals surface area contributed by atoms with Crippen LogP contribution in [0.1, 0.15) is 24.4 Å². The normalized spacial score (nSPS) is 23.8. The van der Waals surface area contributed by atoms with E-state index in [-0.39, 0.29) is 0 Å². The highest BCUT2D eigenvalue weighted by atomic mass is 15.4. The number of benzene rings is 1. The van der Waals surface area contributed by atoms with Gasteiger partial charge in [0.2, 0.25) is 0 Å². The molecule has 0 spiro atoms. The lowest BCUT2D eigenvalue weighted by Crippen LogP contribution is -2.40. The molecule has 1 aliphatic rings. The summed E-state index contributed by atoms with van der Waals surface area (Å²) < 4.78 is 0. The van der Waals surface area contributed by atoms with Gasteiger partial charge in [0.1, 0.15) is 0 Å². The predicted molar refractivity (Wildman–Crippen MR) is 49.6 cm³/mol. The lowest BCUT2D eigenvalue weighted by molar-refractivity contribution is 0.350. The van der Waals surface area contributed by atoms with Gasteiger partial charge in [0.25, 0.3) is 0 Å². The first kappa shape index (κ1) is 7.77. The molecule has 1 aromatic carbocycles. The van der Waals surface area contributed by atoms with E-state index in [0.29, 0.717) is 6.04 Å². The second-order valence-electron chi connectivity index (χ2n) is 3.18. The standard InChI is InChI=1S/C10H14N2/c1-2-5-9(6-3-1)10-7-4-8-11-12-10/h1-3,5-6,10-12H,4,7-8H2. The Morgan fingerprint density at radius 2 is 2.00 bits per heavy atom. The number of rotatable bonds is 1. The van der Waals surface area contributed by atoms with Crippen molar-refractivity contribution < 1.29 is 0 Å². The van der Waals surface area contributed by atoms with Gasteiger partial charge in [-0.1, -0.05) is 30.3 Å². The summed E-state index contributed by atoms with van der Waals surface area (Å²) in [6.07, 6.45) is 2.49. The van der Waals surface area contributed by atoms with Crippen molar-refractivity contribution in [2.45, 2.75) is 18.9 Å². The maximum absolute atomic E-state index is 3.29. The lowest BCUT2D eigenvalue weighted by Gasteiger charge is -2.24. The zero-order chi connectivity index (χ0) is 8.23. The highest BCUT2D eigenvalue weighted by Gasteiger charge is 2.12. The van der Waals surface area contributed by atoms with E-state index in [1.54, 1.807) is 0 Å². The fourth-order valence-electron chi connectivity index (χ4n) is 1.60. The monoisotopic (exact) mass is 162 g/mol. The first-order chi connectivity index (χ1) is 5.97. The third-order valence-corrected chi connectivity index (χ3v) is 2.27. The minimum Gasteiger partial charge on any atom is -0.257 e. The maximum Gasteiger partial charge on any atom is 0.0462 e. The third kappa shape index (κ3) is 1.65. The minimum atomic E-state index is 0.500. The molecular formula is C10H14N2. The van der Waals surface area contributed by atoms with Gasteiger partial charge in [0.15, 0.2) is 0 Å². The number of hydrazine groups is 1. The summed E-state index contributed by atoms with van der Waals surface area (Å²) in [5.74, 6) is 0. The van der Waals surface area contributed by atoms with Crippen molar-refractivity contribution in [3.63, 3.8) is 0 Å². The van der Waals surface area contributed by atoms with Crippen LogP contribution in [0.4, 0.5) is 0 Å². The Morgan fingerprint density at radius 3 is 2.67 bits per heavy atom. The van der Waals surface area contributed by atoms with Crippen molar-refractivity contribution in [2.24, 2.45) is 0 Å². The van der Waals surface area contributed by atoms with E-state index < -0.39 is 0 Å². The van der Waals surface area contributed by atoms with Gasteiger partial charge in [0.05, 0.1) is 0 Å². The summed E-state index contributed by atoms with van der Waals surface area (Å²) in [5, 5.41) is 0. The topological polar surface area (TPSA) is 24.1 Å². The SMILES string of the molecule is c1ccc(C2CCCNN2)cc1. The molecule has 1 fully saturated rings. The summed E-state index contributed by atoms with van der Waals surface area (Å²) >= 11 is 0. The van der Waals surface area contributed by atoms with Crippen LogP contribution >= 0.6 is 0 Å². The van der Waals surface area contributed by atoms with E-state index in [1.165, 1.54) is 18.4 Å². The highest BCUT2D eigenvalue weighted by Crippen LogP contribution is 2.18. The van der Waals surface area contributed by atoms with Gasteiger partial charge >= 0.3 is 0 Å². The van der Waals surface area contributed by atoms with Gasteiger partial charge in [-0.05, 0) is 18.4 Å². The summed E-state index contributed by atoms with van der Waals surface area (Å²) in [7, 11) is 0. The van der Waals surface area contributed by atoms with Gasteiger partial charge in [-0.3, -0.25) is 10.9 Å². The molecule has 0 aromatic heterocycles. The molecule has 1 saturated heterocycles. The van der Waals surface area contributed by atoms with Gasteiger partial charge in [-0.15, -0.1) is 0 Å². The van der Waals surface area contributed by atoms with Crippen LogP contribution in [0.2, 0.25) is 0 Å². The Labute approximate surface area is 73.0 Å². The average molecular weight is 162 g/mol. The summed E-state index contributed by atoms with van der Waals surface area (Å²) in [5.41, 5.74) is 7.85. The predicted octanol–water partition coefficient (Wildman–Crippen LogP) is 1.62. The molecule has 0 bridgehead atoms. The molecule has 64 valence electrons. The molecule has 2 N–H and O–H groups in total. The van der Waals surface area contributed by atoms with E-state index in [2.05, 4.69) is 41.2 Å². The molecule has 2 rings (SSSR count). The first-order valence-electron chi connectivity index (χ1n) is 4.50. The van der Waals surface area contributed by atoms with Crippen LogP contribution in [0, 0.1) is 0 Å². The Balaban J connectivity index is 2.08. The van der Waals surface area contributed by atoms with Gasteiger partial charge in [-0.25, -0.2) is 0 Å². The Bertz CT molecular complexity index is 227. The molecule has 0 amide bonds. The number of hydrogen-bond acceptors (Lipinski definition) is 2. The van der Waals surface area contributed by atoms with E-state index in [0.717, 1.165) is 6.54 Å². The van der Waals surface area contributed by atoms with Crippen LogP contribution in [0.15, 0.2) is 30.3 Å². The number of nitrogens with one attached hydrogen (secondary N) is 2. The van der Waals surface area contributed by atoms with Crippen molar-refractivity contribution in [2.75, 3.05) is 6.54 Å². The molecule has 1 aromatic rings. The molecular weight excluding hydrogens is 148 g/mol. The van der Waals surface area contributed by atoms with E-state index in [1.807, 2.05) is 0 Å². The van der Waals surface area contributed by atoms with E-state index in [4.69, 9.17) is 0 Å². The van der Waals surface area contributed by atoms with Crippen LogP contribution in [0.5, 0.6) is 0 Å². The zero-order valence-corrected chi connectivity index (χ0v) is 7.09. The lowest BCUT2D eigenvalue weighted by atomic mass is 10.0. The molecule has 0 saturated carbocycles. The summed E-state index contributed by atoms with van der Waals surface area (Å²) in [6.45, 7) is 1.09. The molecule has 1 unspecified atom stereocenters. The van der Waals surface area contributed by atoms with Crippen LogP contribution in [-0.2, 0) is 0 Å². The fraction of sp³-hybridized carbons (Fsp3) is 0.400. The minimum absolute atomic E-state index is 0.500. The molecule has 1 aliphatic heterocycles. The molecule has 2 nitrogen and oxygen atoms in total. The van der Waals surface area contributed by atoms with Crippen molar-refractivity contribution in [1.29, 1.82) is 0 Å². The largest absolute Gasteiger partial charge is 0.257 e. The second kappa shape index (κ2) is 3.70. The first-order valence-corrected chi connectivity index (χ1v) is 4.50. The maximum atomic E-state index is 3.29. The highest BCUT2D eigenvalue weighted by molar-refractivity contribution is 5.18. The van der Waals surface area contributed by atoms with E-state index >= 15 is 0 Å². The van der Waals surface area contributed by atoms with Crippen molar-refractivity contribution >= 4 is 0 Å². The molecule has 1 heterocycles. The van der Waals surface area contributed by atoms with Crippen molar-refractivity contribution in [3.05, 3.63) is 35.9 Å². The Morgan fingerprint density at radius 1 is 1.17 bits per heavy atom. The molecule has 0 aliphatic carbocycles. The van der Waals surface area contributed by atoms with Crippen molar-refractivity contribution in [1.82, 2.24) is 10.9 Å². The van der Waals surface area contributed by atoms with Crippen molar-refractivity contribution in [3.8, 4) is 0 Å². The van der Waals surface area contributed by atoms with Crippen LogP contribution in [0.3, 0.4) is 0 Å². The smallest absolute Gasteiger partial charge is 0.0462 e. The third-order valence-electron chi connectivity index (χ3n) is 2.27. The summed E-state index contributed by atoms with van der Waals surface area (Å²) in [6, 6.07) is 11.1. The number of hydrogen-bond donors (Lipinski definition) is 2. The van der Waals surface area contributed by atoms with Crippen LogP contribution in [0.25, 0.3) is 0 Å². The van der Waals surface area contributed by atoms with Crippen LogP contribution < -0.4 is 10.9 Å². The van der Waals surface area contributed by atoms with Crippen LogP contribution in [-0.4, -0.2) is 6.54 Å². The fourth-order valence-corrected chi connectivity index (χ4v) is 1.60. The molecule has 12 heavy (non-hydrogen) atoms. The molecule has 2 heteroatoms. The average Bonchev–Trinajstić information content (AvgIpc) is 2.21. The summed E-state index contributed by atoms with van der Waals surface area (Å²) in [4.78, 5) is 0. The van der Waals surface area contributed by atoms with E-state index in [9.17, 15) is 0 Å². The molecule has 0 radical (unpaired) electrons. The second-order valence-corrected chi connectivity index (χ2v) is 3.18. The van der Waals surface area contributed by atoms with Gasteiger partial charge in [-0.2, -0.15) is 0 Å². The Kier molecular flexibility index (Phi) is 2.39. The van der Waals surface area contributed by atoms with Gasteiger partial charge < -0.3 is 0 Å². The Hall–Kier alpha value is -0.860.